The summed E-state index contributed by atoms with van der Waals surface area (Å²) in [5, 5.41) is 0. The quantitative estimate of drug-likeness (QED) is 0.419. The van der Waals surface area contributed by atoms with Crippen LogP contribution in [0, 0.1) is 0 Å². The fraction of sp³-hybridized carbons (Fsp3) is 0.857. The topological polar surface area (TPSA) is 26.3 Å². The highest BCUT2D eigenvalue weighted by atomic mass is 16.5. The third kappa shape index (κ3) is 2.14. The standard InChI is InChI=1S/C7H12O2/c8-5-2-6-9-7-3-1-4-7/h5,7H,1-4,6H2. The molecule has 0 aliphatic heterocycles. The van der Waals surface area contributed by atoms with Crippen LogP contribution in [0.5, 0.6) is 0 Å². The minimum atomic E-state index is 0.477. The molecule has 0 radical (unpaired) electrons. The zero-order chi connectivity index (χ0) is 6.53. The number of ether oxygens (including phenoxy) is 1. The van der Waals surface area contributed by atoms with Gasteiger partial charge in [0.25, 0.3) is 0 Å². The van der Waals surface area contributed by atoms with Gasteiger partial charge >= 0.3 is 0 Å². The first-order valence-corrected chi connectivity index (χ1v) is 3.48. The van der Waals surface area contributed by atoms with Gasteiger partial charge in [-0.05, 0) is 19.3 Å². The molecule has 0 bridgehead atoms. The number of hydrogen-bond acceptors (Lipinski definition) is 2. The average molecular weight is 128 g/mol. The van der Waals surface area contributed by atoms with Crippen LogP contribution in [0.3, 0.4) is 0 Å². The molecule has 0 unspecified atom stereocenters. The molecular weight excluding hydrogens is 116 g/mol. The van der Waals surface area contributed by atoms with Crippen molar-refractivity contribution < 1.29 is 9.53 Å². The summed E-state index contributed by atoms with van der Waals surface area (Å²) in [7, 11) is 0. The largest absolute Gasteiger partial charge is 0.378 e. The van der Waals surface area contributed by atoms with Crippen molar-refractivity contribution in [3.05, 3.63) is 0 Å². The number of hydrogen-bond donors (Lipinski definition) is 0. The normalized spacial score (nSPS) is 19.1. The molecule has 0 aromatic carbocycles. The lowest BCUT2D eigenvalue weighted by atomic mass is 9.96. The summed E-state index contributed by atoms with van der Waals surface area (Å²) in [5.41, 5.74) is 0. The van der Waals surface area contributed by atoms with E-state index in [2.05, 4.69) is 0 Å². The Bertz CT molecular complexity index is 86.9. The zero-order valence-electron chi connectivity index (χ0n) is 5.51. The smallest absolute Gasteiger partial charge is 0.122 e. The zero-order valence-corrected chi connectivity index (χ0v) is 5.51. The van der Waals surface area contributed by atoms with Gasteiger partial charge in [-0.15, -0.1) is 0 Å². The van der Waals surface area contributed by atoms with Crippen LogP contribution in [0.25, 0.3) is 0 Å². The Morgan fingerprint density at radius 1 is 1.56 bits per heavy atom. The lowest BCUT2D eigenvalue weighted by Gasteiger charge is -2.24. The van der Waals surface area contributed by atoms with Gasteiger partial charge in [-0.2, -0.15) is 0 Å². The van der Waals surface area contributed by atoms with Gasteiger partial charge in [-0.25, -0.2) is 0 Å². The molecule has 0 aromatic rings. The Labute approximate surface area is 55.2 Å². The number of carbonyl (C=O) groups excluding carboxylic acids is 1. The van der Waals surface area contributed by atoms with Crippen molar-refractivity contribution in [3.63, 3.8) is 0 Å². The van der Waals surface area contributed by atoms with E-state index in [1.54, 1.807) is 0 Å². The monoisotopic (exact) mass is 128 g/mol. The molecule has 1 rings (SSSR count). The van der Waals surface area contributed by atoms with E-state index in [4.69, 9.17) is 4.74 Å². The fourth-order valence-corrected chi connectivity index (χ4v) is 0.820. The van der Waals surface area contributed by atoms with Crippen molar-refractivity contribution in [3.8, 4) is 0 Å². The number of aldehydes is 1. The molecule has 1 aliphatic carbocycles. The molecule has 0 saturated heterocycles. The summed E-state index contributed by atoms with van der Waals surface area (Å²) in [4.78, 5) is 9.81. The molecule has 2 heteroatoms. The summed E-state index contributed by atoms with van der Waals surface area (Å²) in [6.45, 7) is 0.619. The number of carbonyl (C=O) groups is 1. The van der Waals surface area contributed by atoms with E-state index in [1.807, 2.05) is 0 Å². The molecular formula is C7H12O2. The van der Waals surface area contributed by atoms with Crippen molar-refractivity contribution in [1.82, 2.24) is 0 Å². The molecule has 0 spiro atoms. The van der Waals surface area contributed by atoms with Gasteiger partial charge in [0.1, 0.15) is 6.29 Å². The highest BCUT2D eigenvalue weighted by Crippen LogP contribution is 2.21. The lowest BCUT2D eigenvalue weighted by Crippen LogP contribution is -2.21. The summed E-state index contributed by atoms with van der Waals surface area (Å²) >= 11 is 0. The van der Waals surface area contributed by atoms with Crippen molar-refractivity contribution in [2.45, 2.75) is 31.8 Å². The van der Waals surface area contributed by atoms with E-state index in [0.29, 0.717) is 19.1 Å². The van der Waals surface area contributed by atoms with Crippen molar-refractivity contribution >= 4 is 6.29 Å². The molecule has 0 atom stereocenters. The van der Waals surface area contributed by atoms with Gasteiger partial charge in [-0.3, -0.25) is 0 Å². The minimum absolute atomic E-state index is 0.477. The summed E-state index contributed by atoms with van der Waals surface area (Å²) in [5.74, 6) is 0. The van der Waals surface area contributed by atoms with Crippen LogP contribution in [0.1, 0.15) is 25.7 Å². The average Bonchev–Trinajstić information content (AvgIpc) is 1.76. The predicted octanol–water partition coefficient (Wildman–Crippen LogP) is 1.14. The summed E-state index contributed by atoms with van der Waals surface area (Å²) in [6.07, 6.45) is 5.61. The minimum Gasteiger partial charge on any atom is -0.378 e. The van der Waals surface area contributed by atoms with Crippen molar-refractivity contribution in [2.75, 3.05) is 6.61 Å². The van der Waals surface area contributed by atoms with Gasteiger partial charge in [0.15, 0.2) is 0 Å². The van der Waals surface area contributed by atoms with Crippen LogP contribution in [0.15, 0.2) is 0 Å². The van der Waals surface area contributed by atoms with E-state index < -0.39 is 0 Å². The summed E-state index contributed by atoms with van der Waals surface area (Å²) in [6, 6.07) is 0. The van der Waals surface area contributed by atoms with Gasteiger partial charge in [0.05, 0.1) is 12.7 Å². The molecule has 1 aliphatic rings. The summed E-state index contributed by atoms with van der Waals surface area (Å²) < 4.78 is 5.29. The third-order valence-corrected chi connectivity index (χ3v) is 1.64. The van der Waals surface area contributed by atoms with Crippen molar-refractivity contribution in [1.29, 1.82) is 0 Å². The second kappa shape index (κ2) is 3.62. The maximum absolute atomic E-state index is 9.81. The van der Waals surface area contributed by atoms with Gasteiger partial charge in [-0.1, -0.05) is 0 Å². The van der Waals surface area contributed by atoms with E-state index in [0.717, 1.165) is 6.29 Å². The maximum atomic E-state index is 9.81. The molecule has 0 aromatic heterocycles. The van der Waals surface area contributed by atoms with Crippen LogP contribution in [-0.4, -0.2) is 19.0 Å². The maximum Gasteiger partial charge on any atom is 0.122 e. The SMILES string of the molecule is O=CCCOC1CCC1. The molecule has 2 nitrogen and oxygen atoms in total. The Hall–Kier alpha value is -0.370. The first kappa shape index (κ1) is 6.75. The predicted molar refractivity (Wildman–Crippen MR) is 34.3 cm³/mol. The number of rotatable bonds is 4. The third-order valence-electron chi connectivity index (χ3n) is 1.64. The van der Waals surface area contributed by atoms with E-state index in [1.165, 1.54) is 19.3 Å². The Kier molecular flexibility index (Phi) is 2.71. The highest BCUT2D eigenvalue weighted by molar-refractivity contribution is 5.49. The van der Waals surface area contributed by atoms with Crippen LogP contribution < -0.4 is 0 Å². The second-order valence-electron chi connectivity index (χ2n) is 2.38. The van der Waals surface area contributed by atoms with Crippen LogP contribution >= 0.6 is 0 Å². The molecule has 9 heavy (non-hydrogen) atoms. The van der Waals surface area contributed by atoms with Gasteiger partial charge in [0, 0.05) is 6.42 Å². The molecule has 52 valence electrons. The second-order valence-corrected chi connectivity index (χ2v) is 2.38. The van der Waals surface area contributed by atoms with Crippen LogP contribution in [-0.2, 0) is 9.53 Å². The Morgan fingerprint density at radius 3 is 2.78 bits per heavy atom. The molecule has 0 N–H and O–H groups in total. The van der Waals surface area contributed by atoms with Gasteiger partial charge in [0.2, 0.25) is 0 Å². The molecule has 0 amide bonds. The molecule has 0 heterocycles. The Morgan fingerprint density at radius 2 is 2.33 bits per heavy atom. The van der Waals surface area contributed by atoms with E-state index in [9.17, 15) is 4.79 Å². The first-order valence-electron chi connectivity index (χ1n) is 3.48. The Balaban J connectivity index is 1.85. The highest BCUT2D eigenvalue weighted by Gasteiger charge is 2.16. The van der Waals surface area contributed by atoms with Crippen LogP contribution in [0.4, 0.5) is 0 Å². The van der Waals surface area contributed by atoms with E-state index >= 15 is 0 Å². The fourth-order valence-electron chi connectivity index (χ4n) is 0.820. The van der Waals surface area contributed by atoms with E-state index in [-0.39, 0.29) is 0 Å². The van der Waals surface area contributed by atoms with Crippen molar-refractivity contribution in [2.24, 2.45) is 0 Å². The molecule has 1 saturated carbocycles. The lowest BCUT2D eigenvalue weighted by molar-refractivity contribution is -0.109. The molecule has 1 fully saturated rings. The van der Waals surface area contributed by atoms with Gasteiger partial charge < -0.3 is 9.53 Å². The van der Waals surface area contributed by atoms with Crippen LogP contribution in [0.2, 0.25) is 0 Å². The first-order chi connectivity index (χ1) is 4.43.